The molecule has 0 saturated carbocycles. The minimum atomic E-state index is -0.0483. The SMILES string of the molecule is Cc1cc2c3c(c1)N(c1cc4c(cc1C)C(C)(C)CCC4(C)C)c1cc(-c4ccccc4)ccc1B3N(c1ccc(-c3ccccc3)cc1)c1cc3c(cc1-2)C(C)(C)CCC3(C)C. The molecule has 0 saturated heterocycles. The summed E-state index contributed by atoms with van der Waals surface area (Å²) >= 11 is 0. The Hall–Kier alpha value is -5.80. The van der Waals surface area contributed by atoms with Crippen LogP contribution in [-0.4, -0.2) is 6.85 Å². The monoisotopic (exact) mass is 820 g/mol. The quantitative estimate of drug-likeness (QED) is 0.163. The Morgan fingerprint density at radius 3 is 1.49 bits per heavy atom. The third-order valence-electron chi connectivity index (χ3n) is 15.9. The predicted molar refractivity (Wildman–Crippen MR) is 271 cm³/mol. The predicted octanol–water partition coefficient (Wildman–Crippen LogP) is 15.0. The van der Waals surface area contributed by atoms with Crippen molar-refractivity contribution in [2.75, 3.05) is 9.71 Å². The summed E-state index contributed by atoms with van der Waals surface area (Å²) in [6, 6.07) is 53.9. The number of fused-ring (bicyclic) bond motifs is 6. The largest absolute Gasteiger partial charge is 0.376 e. The molecule has 0 aromatic heterocycles. The molecule has 4 aliphatic rings. The van der Waals surface area contributed by atoms with Gasteiger partial charge in [0.15, 0.2) is 0 Å². The molecule has 63 heavy (non-hydrogen) atoms. The van der Waals surface area contributed by atoms with Crippen molar-refractivity contribution in [1.29, 1.82) is 0 Å². The number of hydrogen-bond donors (Lipinski definition) is 0. The maximum atomic E-state index is 2.72. The molecular formula is C60H61BN2. The lowest BCUT2D eigenvalue weighted by atomic mass is 9.43. The van der Waals surface area contributed by atoms with Crippen molar-refractivity contribution >= 4 is 46.2 Å². The van der Waals surface area contributed by atoms with E-state index in [9.17, 15) is 0 Å². The smallest absolute Gasteiger partial charge is 0.333 e. The van der Waals surface area contributed by atoms with Crippen LogP contribution in [0.1, 0.15) is 114 Å². The molecule has 0 unspecified atom stereocenters. The van der Waals surface area contributed by atoms with Crippen LogP contribution in [-0.2, 0) is 21.7 Å². The van der Waals surface area contributed by atoms with E-state index in [-0.39, 0.29) is 28.5 Å². The van der Waals surface area contributed by atoms with Gasteiger partial charge in [-0.3, -0.25) is 0 Å². The topological polar surface area (TPSA) is 6.48 Å². The van der Waals surface area contributed by atoms with E-state index in [4.69, 9.17) is 0 Å². The first-order valence-electron chi connectivity index (χ1n) is 23.5. The van der Waals surface area contributed by atoms with Gasteiger partial charge in [0, 0.05) is 34.0 Å². The highest BCUT2D eigenvalue weighted by molar-refractivity contribution is 6.93. The summed E-state index contributed by atoms with van der Waals surface area (Å²) in [5.74, 6) is 0. The van der Waals surface area contributed by atoms with Gasteiger partial charge in [0.25, 0.3) is 0 Å². The lowest BCUT2D eigenvalue weighted by molar-refractivity contribution is 0.332. The molecule has 0 fully saturated rings. The fourth-order valence-electron chi connectivity index (χ4n) is 11.9. The third kappa shape index (κ3) is 6.20. The number of benzene rings is 7. The first-order chi connectivity index (χ1) is 30.0. The second kappa shape index (κ2) is 13.9. The summed E-state index contributed by atoms with van der Waals surface area (Å²) in [7, 11) is 0. The van der Waals surface area contributed by atoms with Crippen LogP contribution < -0.4 is 20.6 Å². The first kappa shape index (κ1) is 40.0. The molecule has 0 atom stereocenters. The van der Waals surface area contributed by atoms with Gasteiger partial charge < -0.3 is 9.71 Å². The molecule has 3 heteroatoms. The Labute approximate surface area is 377 Å². The molecule has 2 heterocycles. The van der Waals surface area contributed by atoms with Crippen molar-refractivity contribution in [1.82, 2.24) is 0 Å². The van der Waals surface area contributed by atoms with Crippen molar-refractivity contribution in [3.05, 3.63) is 173 Å². The van der Waals surface area contributed by atoms with Gasteiger partial charge in [-0.1, -0.05) is 152 Å². The lowest BCUT2D eigenvalue weighted by Crippen LogP contribution is -2.61. The number of aryl methyl sites for hydroxylation is 2. The van der Waals surface area contributed by atoms with Crippen molar-refractivity contribution < 1.29 is 0 Å². The summed E-state index contributed by atoms with van der Waals surface area (Å²) in [5.41, 5.74) is 25.7. The van der Waals surface area contributed by atoms with Crippen LogP contribution in [0.3, 0.4) is 0 Å². The summed E-state index contributed by atoms with van der Waals surface area (Å²) in [4.78, 5) is 5.39. The highest BCUT2D eigenvalue weighted by Crippen LogP contribution is 2.55. The number of anilines is 5. The van der Waals surface area contributed by atoms with Crippen LogP contribution in [0.5, 0.6) is 0 Å². The van der Waals surface area contributed by atoms with Crippen molar-refractivity contribution in [2.24, 2.45) is 0 Å². The second-order valence-electron chi connectivity index (χ2n) is 22.0. The third-order valence-corrected chi connectivity index (χ3v) is 15.9. The minimum absolute atomic E-state index is 0.0483. The van der Waals surface area contributed by atoms with E-state index in [0.717, 1.165) is 0 Å². The van der Waals surface area contributed by atoms with E-state index in [1.54, 1.807) is 0 Å². The van der Waals surface area contributed by atoms with E-state index in [0.29, 0.717) is 0 Å². The van der Waals surface area contributed by atoms with E-state index in [2.05, 4.69) is 218 Å². The van der Waals surface area contributed by atoms with Crippen LogP contribution in [0.2, 0.25) is 0 Å². The first-order valence-corrected chi connectivity index (χ1v) is 23.5. The van der Waals surface area contributed by atoms with Crippen LogP contribution >= 0.6 is 0 Å². The summed E-state index contributed by atoms with van der Waals surface area (Å²) < 4.78 is 0. The Kier molecular flexibility index (Phi) is 8.80. The van der Waals surface area contributed by atoms with Crippen LogP contribution in [0.15, 0.2) is 140 Å². The van der Waals surface area contributed by atoms with Crippen LogP contribution in [0.25, 0.3) is 33.4 Å². The Morgan fingerprint density at radius 2 is 0.905 bits per heavy atom. The summed E-state index contributed by atoms with van der Waals surface area (Å²) in [5, 5.41) is 0. The molecule has 0 amide bonds. The zero-order valence-electron chi connectivity index (χ0n) is 39.1. The maximum Gasteiger partial charge on any atom is 0.333 e. The van der Waals surface area contributed by atoms with Crippen molar-refractivity contribution in [3.63, 3.8) is 0 Å². The molecule has 0 radical (unpaired) electrons. The number of nitrogens with zero attached hydrogens (tertiary/aromatic N) is 2. The van der Waals surface area contributed by atoms with E-state index in [1.165, 1.54) is 132 Å². The Bertz CT molecular complexity index is 2970. The summed E-state index contributed by atoms with van der Waals surface area (Å²) in [6.07, 6.45) is 4.74. The lowest BCUT2D eigenvalue weighted by Gasteiger charge is -2.49. The molecule has 2 aliphatic carbocycles. The minimum Gasteiger partial charge on any atom is -0.376 e. The molecule has 0 bridgehead atoms. The summed E-state index contributed by atoms with van der Waals surface area (Å²) in [6.45, 7) is 24.3. The molecule has 11 rings (SSSR count). The van der Waals surface area contributed by atoms with E-state index >= 15 is 0 Å². The second-order valence-corrected chi connectivity index (χ2v) is 22.0. The average molecular weight is 821 g/mol. The van der Waals surface area contributed by atoms with Crippen molar-refractivity contribution in [2.45, 2.75) is 117 Å². The van der Waals surface area contributed by atoms with Gasteiger partial charge in [0.05, 0.1) is 0 Å². The number of hydrogen-bond acceptors (Lipinski definition) is 2. The standard InChI is InChI=1S/C60H61BN2/c1-38-31-46-45-35-48-50(60(9,10)30-28-58(48,5)6)37-53(45)63(44-24-21-42(22-25-44)40-17-13-11-14-18-40)61-51-26-23-43(41-19-15-12-16-20-41)34-54(51)62(55(32-38)56(46)61)52-36-49-47(33-39(52)2)57(3,4)27-29-59(49,7)8/h11-26,31-37H,27-30H2,1-10H3. The van der Waals surface area contributed by atoms with E-state index < -0.39 is 0 Å². The molecule has 314 valence electrons. The van der Waals surface area contributed by atoms with Gasteiger partial charge >= 0.3 is 6.85 Å². The molecule has 0 spiro atoms. The van der Waals surface area contributed by atoms with Gasteiger partial charge in [-0.05, 0) is 176 Å². The van der Waals surface area contributed by atoms with Gasteiger partial charge in [-0.25, -0.2) is 0 Å². The molecular weight excluding hydrogens is 759 g/mol. The highest BCUT2D eigenvalue weighted by Gasteiger charge is 2.48. The van der Waals surface area contributed by atoms with Gasteiger partial charge in [-0.15, -0.1) is 0 Å². The molecule has 7 aromatic rings. The highest BCUT2D eigenvalue weighted by atomic mass is 15.2. The van der Waals surface area contributed by atoms with Crippen molar-refractivity contribution in [3.8, 4) is 33.4 Å². The fourth-order valence-corrected chi connectivity index (χ4v) is 11.9. The van der Waals surface area contributed by atoms with Gasteiger partial charge in [0.1, 0.15) is 0 Å². The zero-order valence-corrected chi connectivity index (χ0v) is 39.1. The van der Waals surface area contributed by atoms with Gasteiger partial charge in [0.2, 0.25) is 0 Å². The average Bonchev–Trinajstić information content (AvgIpc) is 3.27. The normalized spacial score (nSPS) is 18.2. The number of rotatable bonds is 4. The van der Waals surface area contributed by atoms with Crippen LogP contribution in [0.4, 0.5) is 28.4 Å². The van der Waals surface area contributed by atoms with Gasteiger partial charge in [-0.2, -0.15) is 0 Å². The molecule has 0 N–H and O–H groups in total. The van der Waals surface area contributed by atoms with E-state index in [1.807, 2.05) is 0 Å². The Morgan fingerprint density at radius 1 is 0.413 bits per heavy atom. The molecule has 7 aromatic carbocycles. The molecule has 2 nitrogen and oxygen atoms in total. The van der Waals surface area contributed by atoms with Crippen LogP contribution in [0, 0.1) is 13.8 Å². The fraction of sp³-hybridized carbons (Fsp3) is 0.300. The zero-order chi connectivity index (χ0) is 43.8. The molecule has 2 aliphatic heterocycles. The maximum absolute atomic E-state index is 2.72. The Balaban J connectivity index is 1.23.